The highest BCUT2D eigenvalue weighted by atomic mass is 16.4. The summed E-state index contributed by atoms with van der Waals surface area (Å²) in [5, 5.41) is 9.14. The van der Waals surface area contributed by atoms with Gasteiger partial charge in [0, 0.05) is 31.9 Å². The zero-order valence-electron chi connectivity index (χ0n) is 10.1. The summed E-state index contributed by atoms with van der Waals surface area (Å²) in [5.41, 5.74) is 0.282. The van der Waals surface area contributed by atoms with Crippen LogP contribution in [-0.4, -0.2) is 53.7 Å². The molecule has 1 N–H and O–H groups in total. The van der Waals surface area contributed by atoms with Crippen LogP contribution in [0, 0.1) is 0 Å². The molecule has 0 aromatic carbocycles. The minimum atomic E-state index is -0.917. The fraction of sp³-hybridized carbons (Fsp3) is 0.500. The summed E-state index contributed by atoms with van der Waals surface area (Å²) in [4.78, 5) is 19.7. The maximum atomic E-state index is 11.1. The number of likely N-dealkylation sites (N-methyl/N-ethyl adjacent to an activating group) is 1. The first kappa shape index (κ1) is 11.9. The Bertz CT molecular complexity index is 422. The Morgan fingerprint density at radius 3 is 2.94 bits per heavy atom. The Balaban J connectivity index is 2.25. The lowest BCUT2D eigenvalue weighted by Crippen LogP contribution is -2.50. The lowest BCUT2D eigenvalue weighted by atomic mass is 10.1. The lowest BCUT2D eigenvalue weighted by Gasteiger charge is -2.38. The molecule has 17 heavy (non-hydrogen) atoms. The monoisotopic (exact) mass is 235 g/mol. The van der Waals surface area contributed by atoms with Crippen molar-refractivity contribution in [3.63, 3.8) is 0 Å². The molecular weight excluding hydrogens is 218 g/mol. The molecule has 2 heterocycles. The number of carbonyl (C=O) groups is 1. The quantitative estimate of drug-likeness (QED) is 0.826. The molecule has 1 aromatic rings. The van der Waals surface area contributed by atoms with Gasteiger partial charge in [0.15, 0.2) is 0 Å². The molecular formula is C12H17N3O2. The smallest absolute Gasteiger partial charge is 0.339 e. The molecule has 1 aliphatic rings. The van der Waals surface area contributed by atoms with Gasteiger partial charge in [-0.15, -0.1) is 0 Å². The van der Waals surface area contributed by atoms with Gasteiger partial charge in [-0.3, -0.25) is 0 Å². The predicted octanol–water partition coefficient (Wildman–Crippen LogP) is 0.920. The number of rotatable bonds is 2. The van der Waals surface area contributed by atoms with E-state index in [-0.39, 0.29) is 5.56 Å². The van der Waals surface area contributed by atoms with E-state index in [1.165, 1.54) is 0 Å². The van der Waals surface area contributed by atoms with E-state index in [1.54, 1.807) is 18.3 Å². The van der Waals surface area contributed by atoms with E-state index < -0.39 is 5.97 Å². The van der Waals surface area contributed by atoms with Gasteiger partial charge in [-0.25, -0.2) is 9.78 Å². The molecule has 5 heteroatoms. The van der Waals surface area contributed by atoms with Crippen molar-refractivity contribution in [2.75, 3.05) is 31.6 Å². The Hall–Kier alpha value is -1.62. The van der Waals surface area contributed by atoms with Crippen molar-refractivity contribution in [2.24, 2.45) is 0 Å². The second kappa shape index (κ2) is 4.71. The summed E-state index contributed by atoms with van der Waals surface area (Å²) < 4.78 is 0. The van der Waals surface area contributed by atoms with E-state index in [0.717, 1.165) is 19.6 Å². The summed E-state index contributed by atoms with van der Waals surface area (Å²) in [5.74, 6) is -0.334. The van der Waals surface area contributed by atoms with Crippen LogP contribution in [0.2, 0.25) is 0 Å². The molecule has 2 rings (SSSR count). The average Bonchev–Trinajstić information content (AvgIpc) is 2.32. The number of piperazine rings is 1. The molecule has 1 unspecified atom stereocenters. The normalized spacial score (nSPS) is 21.5. The van der Waals surface area contributed by atoms with Gasteiger partial charge < -0.3 is 14.9 Å². The highest BCUT2D eigenvalue weighted by Crippen LogP contribution is 2.20. The first-order chi connectivity index (χ1) is 8.09. The number of carboxylic acids is 1. The van der Waals surface area contributed by atoms with Crippen molar-refractivity contribution < 1.29 is 9.90 Å². The van der Waals surface area contributed by atoms with Crippen molar-refractivity contribution in [2.45, 2.75) is 13.0 Å². The fourth-order valence-corrected chi connectivity index (χ4v) is 2.06. The van der Waals surface area contributed by atoms with Gasteiger partial charge in [0.05, 0.1) is 0 Å². The SMILES string of the molecule is CC1CN(c2ncccc2C(=O)O)CCN1C. The average molecular weight is 235 g/mol. The third kappa shape index (κ3) is 2.39. The van der Waals surface area contributed by atoms with Gasteiger partial charge in [-0.05, 0) is 26.1 Å². The number of carboxylic acid groups (broad SMARTS) is 1. The number of aromatic carboxylic acids is 1. The topological polar surface area (TPSA) is 56.7 Å². The summed E-state index contributed by atoms with van der Waals surface area (Å²) in [7, 11) is 2.08. The van der Waals surface area contributed by atoms with Crippen LogP contribution >= 0.6 is 0 Å². The molecule has 1 aliphatic heterocycles. The Kier molecular flexibility index (Phi) is 3.28. The lowest BCUT2D eigenvalue weighted by molar-refractivity contribution is 0.0697. The number of hydrogen-bond donors (Lipinski definition) is 1. The van der Waals surface area contributed by atoms with Crippen LogP contribution in [0.25, 0.3) is 0 Å². The highest BCUT2D eigenvalue weighted by Gasteiger charge is 2.24. The van der Waals surface area contributed by atoms with Crippen LogP contribution in [-0.2, 0) is 0 Å². The van der Waals surface area contributed by atoms with Gasteiger partial charge in [0.2, 0.25) is 0 Å². The molecule has 0 amide bonds. The van der Waals surface area contributed by atoms with E-state index in [9.17, 15) is 4.79 Å². The van der Waals surface area contributed by atoms with Crippen LogP contribution in [0.1, 0.15) is 17.3 Å². The second-order valence-electron chi connectivity index (χ2n) is 4.46. The van der Waals surface area contributed by atoms with E-state index in [1.807, 2.05) is 4.90 Å². The fourth-order valence-electron chi connectivity index (χ4n) is 2.06. The van der Waals surface area contributed by atoms with Crippen LogP contribution < -0.4 is 4.90 Å². The Morgan fingerprint density at radius 1 is 1.53 bits per heavy atom. The largest absolute Gasteiger partial charge is 0.478 e. The molecule has 1 atom stereocenters. The maximum absolute atomic E-state index is 11.1. The van der Waals surface area contributed by atoms with E-state index >= 15 is 0 Å². The van der Waals surface area contributed by atoms with Crippen molar-refractivity contribution in [1.82, 2.24) is 9.88 Å². The van der Waals surface area contributed by atoms with Gasteiger partial charge in [0.1, 0.15) is 11.4 Å². The third-order valence-corrected chi connectivity index (χ3v) is 3.28. The summed E-state index contributed by atoms with van der Waals surface area (Å²) in [6.07, 6.45) is 1.64. The second-order valence-corrected chi connectivity index (χ2v) is 4.46. The van der Waals surface area contributed by atoms with Crippen LogP contribution in [0.15, 0.2) is 18.3 Å². The Morgan fingerprint density at radius 2 is 2.29 bits per heavy atom. The number of aromatic nitrogens is 1. The van der Waals surface area contributed by atoms with Gasteiger partial charge in [-0.1, -0.05) is 0 Å². The minimum Gasteiger partial charge on any atom is -0.478 e. The summed E-state index contributed by atoms with van der Waals surface area (Å²) >= 11 is 0. The highest BCUT2D eigenvalue weighted by molar-refractivity contribution is 5.93. The summed E-state index contributed by atoms with van der Waals surface area (Å²) in [6, 6.07) is 3.67. The van der Waals surface area contributed by atoms with Crippen molar-refractivity contribution in [1.29, 1.82) is 0 Å². The zero-order valence-corrected chi connectivity index (χ0v) is 10.1. The van der Waals surface area contributed by atoms with Crippen LogP contribution in [0.5, 0.6) is 0 Å². The number of hydrogen-bond acceptors (Lipinski definition) is 4. The van der Waals surface area contributed by atoms with Crippen LogP contribution in [0.4, 0.5) is 5.82 Å². The Labute approximate surface area is 101 Å². The molecule has 0 spiro atoms. The standard InChI is InChI=1S/C12H17N3O2/c1-9-8-15(7-6-14(9)2)11-10(12(16)17)4-3-5-13-11/h3-5,9H,6-8H2,1-2H3,(H,16,17). The van der Waals surface area contributed by atoms with E-state index in [0.29, 0.717) is 11.9 Å². The molecule has 92 valence electrons. The molecule has 0 saturated carbocycles. The van der Waals surface area contributed by atoms with Gasteiger partial charge in [0.25, 0.3) is 0 Å². The third-order valence-electron chi connectivity index (χ3n) is 3.28. The van der Waals surface area contributed by atoms with Crippen molar-refractivity contribution >= 4 is 11.8 Å². The number of nitrogens with zero attached hydrogens (tertiary/aromatic N) is 3. The molecule has 1 aromatic heterocycles. The first-order valence-electron chi connectivity index (χ1n) is 5.73. The van der Waals surface area contributed by atoms with Crippen LogP contribution in [0.3, 0.4) is 0 Å². The number of anilines is 1. The predicted molar refractivity (Wildman–Crippen MR) is 65.5 cm³/mol. The summed E-state index contributed by atoms with van der Waals surface area (Å²) in [6.45, 7) is 4.69. The van der Waals surface area contributed by atoms with Gasteiger partial charge >= 0.3 is 5.97 Å². The first-order valence-corrected chi connectivity index (χ1v) is 5.73. The van der Waals surface area contributed by atoms with E-state index in [4.69, 9.17) is 5.11 Å². The number of pyridine rings is 1. The van der Waals surface area contributed by atoms with Crippen molar-refractivity contribution in [3.05, 3.63) is 23.9 Å². The minimum absolute atomic E-state index is 0.282. The van der Waals surface area contributed by atoms with Gasteiger partial charge in [-0.2, -0.15) is 0 Å². The van der Waals surface area contributed by atoms with E-state index in [2.05, 4.69) is 23.9 Å². The van der Waals surface area contributed by atoms with Crippen molar-refractivity contribution in [3.8, 4) is 0 Å². The molecule has 0 bridgehead atoms. The molecule has 1 fully saturated rings. The molecule has 1 saturated heterocycles. The zero-order chi connectivity index (χ0) is 12.4. The maximum Gasteiger partial charge on any atom is 0.339 e. The molecule has 5 nitrogen and oxygen atoms in total. The molecule has 0 aliphatic carbocycles. The molecule has 0 radical (unpaired) electrons.